The zero-order chi connectivity index (χ0) is 9.10. The van der Waals surface area contributed by atoms with E-state index < -0.39 is 0 Å². The van der Waals surface area contributed by atoms with Gasteiger partial charge in [0, 0.05) is 6.54 Å². The first-order chi connectivity index (χ1) is 6.36. The van der Waals surface area contributed by atoms with Crippen molar-refractivity contribution in [1.82, 2.24) is 5.32 Å². The number of amides is 1. The van der Waals surface area contributed by atoms with Crippen molar-refractivity contribution in [2.75, 3.05) is 6.54 Å². The Kier molecular flexibility index (Phi) is 2.30. The first-order valence-corrected chi connectivity index (χ1v) is 4.68. The Morgan fingerprint density at radius 2 is 2.08 bits per heavy atom. The third-order valence-electron chi connectivity index (χ3n) is 2.52. The van der Waals surface area contributed by atoms with Gasteiger partial charge in [0.25, 0.3) is 0 Å². The van der Waals surface area contributed by atoms with E-state index in [1.807, 2.05) is 18.2 Å². The smallest absolute Gasteiger partial charge is 0.224 e. The molecule has 1 aromatic carbocycles. The number of hydrogen-bond donors (Lipinski definition) is 1. The fourth-order valence-corrected chi connectivity index (χ4v) is 1.55. The standard InChI is InChI=1S/C11H13NO/c13-11-10(8-12-11)7-6-9-4-2-1-3-5-9/h1-5,10H,6-8H2,(H,12,13)/t10-/m1/s1. The largest absolute Gasteiger partial charge is 0.355 e. The molecule has 68 valence electrons. The van der Waals surface area contributed by atoms with Crippen LogP contribution < -0.4 is 5.32 Å². The molecule has 0 aromatic heterocycles. The van der Waals surface area contributed by atoms with Crippen LogP contribution in [0.1, 0.15) is 12.0 Å². The Morgan fingerprint density at radius 1 is 1.31 bits per heavy atom. The van der Waals surface area contributed by atoms with Crippen molar-refractivity contribution in [3.8, 4) is 0 Å². The zero-order valence-corrected chi connectivity index (χ0v) is 7.49. The third-order valence-corrected chi connectivity index (χ3v) is 2.52. The second-order valence-corrected chi connectivity index (χ2v) is 3.47. The maximum atomic E-state index is 10.9. The van der Waals surface area contributed by atoms with Crippen molar-refractivity contribution in [2.24, 2.45) is 5.92 Å². The number of carbonyl (C=O) groups excluding carboxylic acids is 1. The average molecular weight is 175 g/mol. The third kappa shape index (κ3) is 1.89. The topological polar surface area (TPSA) is 29.1 Å². The Bertz CT molecular complexity index is 294. The van der Waals surface area contributed by atoms with E-state index in [4.69, 9.17) is 0 Å². The van der Waals surface area contributed by atoms with E-state index >= 15 is 0 Å². The van der Waals surface area contributed by atoms with E-state index in [2.05, 4.69) is 17.4 Å². The summed E-state index contributed by atoms with van der Waals surface area (Å²) in [6, 6.07) is 10.3. The van der Waals surface area contributed by atoms with Gasteiger partial charge in [-0.2, -0.15) is 0 Å². The van der Waals surface area contributed by atoms with Crippen molar-refractivity contribution < 1.29 is 4.79 Å². The molecule has 1 fully saturated rings. The number of aryl methyl sites for hydroxylation is 1. The number of benzene rings is 1. The minimum absolute atomic E-state index is 0.218. The van der Waals surface area contributed by atoms with Crippen LogP contribution in [0.5, 0.6) is 0 Å². The predicted molar refractivity (Wildman–Crippen MR) is 51.3 cm³/mol. The predicted octanol–water partition coefficient (Wildman–Crippen LogP) is 1.37. The molecule has 0 aliphatic carbocycles. The molecule has 1 aromatic rings. The number of nitrogens with one attached hydrogen (secondary N) is 1. The van der Waals surface area contributed by atoms with Gasteiger partial charge in [-0.05, 0) is 18.4 Å². The van der Waals surface area contributed by atoms with Crippen LogP contribution in [-0.2, 0) is 11.2 Å². The van der Waals surface area contributed by atoms with Crippen molar-refractivity contribution >= 4 is 5.91 Å². The van der Waals surface area contributed by atoms with Gasteiger partial charge in [-0.15, -0.1) is 0 Å². The molecule has 1 amide bonds. The lowest BCUT2D eigenvalue weighted by Crippen LogP contribution is -2.48. The van der Waals surface area contributed by atoms with Crippen molar-refractivity contribution in [1.29, 1.82) is 0 Å². The quantitative estimate of drug-likeness (QED) is 0.690. The first kappa shape index (κ1) is 8.30. The van der Waals surface area contributed by atoms with Gasteiger partial charge < -0.3 is 5.32 Å². The van der Waals surface area contributed by atoms with Crippen LogP contribution in [0.25, 0.3) is 0 Å². The molecule has 1 saturated heterocycles. The summed E-state index contributed by atoms with van der Waals surface area (Å²) in [5.74, 6) is 0.483. The molecule has 1 aliphatic heterocycles. The highest BCUT2D eigenvalue weighted by atomic mass is 16.2. The molecular formula is C11H13NO. The van der Waals surface area contributed by atoms with Crippen LogP contribution >= 0.6 is 0 Å². The number of rotatable bonds is 3. The van der Waals surface area contributed by atoms with Crippen LogP contribution in [0, 0.1) is 5.92 Å². The average Bonchev–Trinajstić information content (AvgIpc) is 2.17. The molecule has 2 rings (SSSR count). The van der Waals surface area contributed by atoms with Gasteiger partial charge in [0.1, 0.15) is 0 Å². The minimum atomic E-state index is 0.218. The highest BCUT2D eigenvalue weighted by Crippen LogP contribution is 2.14. The maximum absolute atomic E-state index is 10.9. The van der Waals surface area contributed by atoms with Crippen LogP contribution in [-0.4, -0.2) is 12.5 Å². The summed E-state index contributed by atoms with van der Waals surface area (Å²) >= 11 is 0. The molecule has 1 atom stereocenters. The second-order valence-electron chi connectivity index (χ2n) is 3.47. The molecule has 13 heavy (non-hydrogen) atoms. The molecule has 0 bridgehead atoms. The highest BCUT2D eigenvalue weighted by molar-refractivity contribution is 5.84. The normalized spacial score (nSPS) is 20.6. The van der Waals surface area contributed by atoms with Gasteiger partial charge in [-0.1, -0.05) is 30.3 Å². The van der Waals surface area contributed by atoms with E-state index in [1.165, 1.54) is 5.56 Å². The molecule has 1 N–H and O–H groups in total. The van der Waals surface area contributed by atoms with E-state index in [9.17, 15) is 4.79 Å². The lowest BCUT2D eigenvalue weighted by molar-refractivity contribution is -0.131. The molecular weight excluding hydrogens is 162 g/mol. The van der Waals surface area contributed by atoms with Gasteiger partial charge >= 0.3 is 0 Å². The number of β-lactam (4-membered cyclic amide) rings is 1. The summed E-state index contributed by atoms with van der Waals surface area (Å²) in [4.78, 5) is 10.9. The summed E-state index contributed by atoms with van der Waals surface area (Å²) in [5.41, 5.74) is 1.32. The van der Waals surface area contributed by atoms with Crippen LogP contribution in [0.4, 0.5) is 0 Å². The van der Waals surface area contributed by atoms with Gasteiger partial charge in [0.2, 0.25) is 5.91 Å². The van der Waals surface area contributed by atoms with E-state index in [-0.39, 0.29) is 11.8 Å². The lowest BCUT2D eigenvalue weighted by Gasteiger charge is -2.25. The summed E-state index contributed by atoms with van der Waals surface area (Å²) in [6.07, 6.45) is 1.99. The summed E-state index contributed by atoms with van der Waals surface area (Å²) < 4.78 is 0. The highest BCUT2D eigenvalue weighted by Gasteiger charge is 2.26. The molecule has 0 unspecified atom stereocenters. The fraction of sp³-hybridized carbons (Fsp3) is 0.364. The van der Waals surface area contributed by atoms with Crippen LogP contribution in [0.15, 0.2) is 30.3 Å². The molecule has 0 radical (unpaired) electrons. The maximum Gasteiger partial charge on any atom is 0.224 e. The van der Waals surface area contributed by atoms with Gasteiger partial charge in [0.05, 0.1) is 5.92 Å². The second kappa shape index (κ2) is 3.60. The fourth-order valence-electron chi connectivity index (χ4n) is 1.55. The van der Waals surface area contributed by atoms with Crippen molar-refractivity contribution in [3.63, 3.8) is 0 Å². The van der Waals surface area contributed by atoms with Gasteiger partial charge in [-0.25, -0.2) is 0 Å². The monoisotopic (exact) mass is 175 g/mol. The Balaban J connectivity index is 1.83. The molecule has 2 nitrogen and oxygen atoms in total. The number of carbonyl (C=O) groups is 1. The van der Waals surface area contributed by atoms with Gasteiger partial charge in [-0.3, -0.25) is 4.79 Å². The SMILES string of the molecule is O=C1NC[C@H]1CCc1ccccc1. The molecule has 1 aliphatic rings. The zero-order valence-electron chi connectivity index (χ0n) is 7.49. The Hall–Kier alpha value is -1.31. The Labute approximate surface area is 78.0 Å². The molecule has 2 heteroatoms. The van der Waals surface area contributed by atoms with Crippen LogP contribution in [0.2, 0.25) is 0 Å². The van der Waals surface area contributed by atoms with Gasteiger partial charge in [0.15, 0.2) is 0 Å². The minimum Gasteiger partial charge on any atom is -0.355 e. The number of hydrogen-bond acceptors (Lipinski definition) is 1. The van der Waals surface area contributed by atoms with E-state index in [0.717, 1.165) is 19.4 Å². The lowest BCUT2D eigenvalue weighted by atomic mass is 9.94. The van der Waals surface area contributed by atoms with E-state index in [0.29, 0.717) is 0 Å². The van der Waals surface area contributed by atoms with Crippen LogP contribution in [0.3, 0.4) is 0 Å². The summed E-state index contributed by atoms with van der Waals surface area (Å²) in [5, 5.41) is 2.76. The summed E-state index contributed by atoms with van der Waals surface area (Å²) in [7, 11) is 0. The van der Waals surface area contributed by atoms with Crippen molar-refractivity contribution in [2.45, 2.75) is 12.8 Å². The first-order valence-electron chi connectivity index (χ1n) is 4.68. The van der Waals surface area contributed by atoms with Crippen molar-refractivity contribution in [3.05, 3.63) is 35.9 Å². The summed E-state index contributed by atoms with van der Waals surface area (Å²) in [6.45, 7) is 0.867. The van der Waals surface area contributed by atoms with E-state index in [1.54, 1.807) is 0 Å². The molecule has 0 saturated carbocycles. The molecule has 0 spiro atoms. The Morgan fingerprint density at radius 3 is 2.62 bits per heavy atom. The molecule has 1 heterocycles.